The molecule has 0 atom stereocenters. The molecule has 0 unspecified atom stereocenters. The molecule has 2 fully saturated rings. The van der Waals surface area contributed by atoms with Gasteiger partial charge in [-0.2, -0.15) is 0 Å². The summed E-state index contributed by atoms with van der Waals surface area (Å²) in [6, 6.07) is 0. The number of piperidine rings is 1. The third-order valence-electron chi connectivity index (χ3n) is 5.52. The summed E-state index contributed by atoms with van der Waals surface area (Å²) in [6.07, 6.45) is 7.75. The van der Waals surface area contributed by atoms with Crippen molar-refractivity contribution in [1.29, 1.82) is 0 Å². The zero-order valence-corrected chi connectivity index (χ0v) is 16.2. The van der Waals surface area contributed by atoms with Crippen molar-refractivity contribution >= 4 is 11.8 Å². The van der Waals surface area contributed by atoms with Crippen LogP contribution in [0.2, 0.25) is 0 Å². The quantitative estimate of drug-likeness (QED) is 0.599. The first-order valence-corrected chi connectivity index (χ1v) is 10.2. The van der Waals surface area contributed by atoms with E-state index in [1.54, 1.807) is 11.8 Å². The Morgan fingerprint density at radius 2 is 1.79 bits per heavy atom. The molecule has 0 amide bonds. The van der Waals surface area contributed by atoms with Gasteiger partial charge < -0.3 is 4.90 Å². The Kier molecular flexibility index (Phi) is 6.13. The highest BCUT2D eigenvalue weighted by Gasteiger charge is 2.41. The van der Waals surface area contributed by atoms with E-state index >= 15 is 0 Å². The fraction of sp³-hybridized carbons (Fsp3) is 0.778. The van der Waals surface area contributed by atoms with Crippen LogP contribution in [0.4, 0.5) is 0 Å². The molecular weight excluding hydrogens is 318 g/mol. The molecule has 0 N–H and O–H groups in total. The van der Waals surface area contributed by atoms with E-state index in [9.17, 15) is 0 Å². The van der Waals surface area contributed by atoms with Gasteiger partial charge in [-0.25, -0.2) is 9.97 Å². The number of rotatable bonds is 5. The maximum atomic E-state index is 4.52. The largest absolute Gasteiger partial charge is 0.306 e. The van der Waals surface area contributed by atoms with E-state index in [0.717, 1.165) is 37.0 Å². The summed E-state index contributed by atoms with van der Waals surface area (Å²) in [5.74, 6) is 1.09. The van der Waals surface area contributed by atoms with Crippen molar-refractivity contribution < 1.29 is 0 Å². The maximum absolute atomic E-state index is 4.52. The molecule has 5 nitrogen and oxygen atoms in total. The zero-order chi connectivity index (χ0) is 17.0. The van der Waals surface area contributed by atoms with Gasteiger partial charge in [0.05, 0.1) is 0 Å². The Morgan fingerprint density at radius 1 is 1.08 bits per heavy atom. The number of nitrogens with zero attached hydrogens (tertiary/aromatic N) is 5. The van der Waals surface area contributed by atoms with E-state index in [4.69, 9.17) is 0 Å². The van der Waals surface area contributed by atoms with E-state index in [2.05, 4.69) is 45.7 Å². The van der Waals surface area contributed by atoms with Crippen LogP contribution < -0.4 is 0 Å². The van der Waals surface area contributed by atoms with Gasteiger partial charge in [-0.1, -0.05) is 18.7 Å². The minimum atomic E-state index is 0.364. The Hall–Kier alpha value is -0.690. The van der Waals surface area contributed by atoms with Crippen LogP contribution >= 0.6 is 11.8 Å². The molecule has 3 heterocycles. The molecular formula is C18H31N5S. The van der Waals surface area contributed by atoms with Crippen molar-refractivity contribution in [2.24, 2.45) is 0 Å². The van der Waals surface area contributed by atoms with Crippen LogP contribution in [0, 0.1) is 0 Å². The topological polar surface area (TPSA) is 35.5 Å². The second-order valence-electron chi connectivity index (χ2n) is 7.38. The molecule has 0 aromatic carbocycles. The van der Waals surface area contributed by atoms with Crippen molar-refractivity contribution in [3.8, 4) is 0 Å². The molecule has 0 bridgehead atoms. The summed E-state index contributed by atoms with van der Waals surface area (Å²) in [5.41, 5.74) is 1.60. The van der Waals surface area contributed by atoms with Gasteiger partial charge in [0, 0.05) is 55.4 Å². The Bertz CT molecular complexity index is 513. The van der Waals surface area contributed by atoms with Crippen LogP contribution in [-0.4, -0.2) is 82.8 Å². The van der Waals surface area contributed by atoms with E-state index < -0.39 is 0 Å². The zero-order valence-electron chi connectivity index (χ0n) is 15.4. The Morgan fingerprint density at radius 3 is 2.46 bits per heavy atom. The smallest absolute Gasteiger partial charge is 0.187 e. The monoisotopic (exact) mass is 349 g/mol. The van der Waals surface area contributed by atoms with E-state index in [-0.39, 0.29) is 0 Å². The van der Waals surface area contributed by atoms with Gasteiger partial charge in [0.25, 0.3) is 0 Å². The van der Waals surface area contributed by atoms with Gasteiger partial charge in [0.2, 0.25) is 0 Å². The predicted octanol–water partition coefficient (Wildman–Crippen LogP) is 2.19. The first-order valence-electron chi connectivity index (χ1n) is 9.17. The average molecular weight is 350 g/mol. The summed E-state index contributed by atoms with van der Waals surface area (Å²) >= 11 is 1.75. The number of hydrogen-bond donors (Lipinski definition) is 0. The summed E-state index contributed by atoms with van der Waals surface area (Å²) in [6.45, 7) is 9.06. The summed E-state index contributed by atoms with van der Waals surface area (Å²) in [7, 11) is 4.55. The van der Waals surface area contributed by atoms with Crippen molar-refractivity contribution in [2.45, 2.75) is 43.4 Å². The fourth-order valence-corrected chi connectivity index (χ4v) is 4.45. The second kappa shape index (κ2) is 8.13. The first-order chi connectivity index (χ1) is 11.6. The number of piperazine rings is 1. The van der Waals surface area contributed by atoms with Crippen LogP contribution in [0.25, 0.3) is 0 Å². The van der Waals surface area contributed by atoms with Gasteiger partial charge in [-0.05, 0) is 46.4 Å². The number of thioether (sulfide) groups is 1. The third kappa shape index (κ3) is 4.28. The van der Waals surface area contributed by atoms with Gasteiger partial charge in [-0.3, -0.25) is 9.80 Å². The number of likely N-dealkylation sites (tertiary alicyclic amines) is 1. The molecule has 1 aromatic rings. The lowest BCUT2D eigenvalue weighted by molar-refractivity contribution is -0.0258. The number of likely N-dealkylation sites (N-methyl/N-ethyl adjacent to an activating group) is 1. The summed E-state index contributed by atoms with van der Waals surface area (Å²) < 4.78 is 0. The summed E-state index contributed by atoms with van der Waals surface area (Å²) in [5, 5.41) is 0.908. The fourth-order valence-electron chi connectivity index (χ4n) is 3.80. The second-order valence-corrected chi connectivity index (χ2v) is 8.44. The Balaban J connectivity index is 1.59. The molecule has 1 spiro atoms. The van der Waals surface area contributed by atoms with Crippen molar-refractivity contribution in [3.63, 3.8) is 0 Å². The minimum absolute atomic E-state index is 0.364. The van der Waals surface area contributed by atoms with Crippen LogP contribution in [0.3, 0.4) is 0 Å². The molecule has 2 aliphatic heterocycles. The van der Waals surface area contributed by atoms with E-state index in [1.807, 2.05) is 12.4 Å². The molecule has 24 heavy (non-hydrogen) atoms. The lowest BCUT2D eigenvalue weighted by Gasteiger charge is -2.52. The Labute approximate surface area is 150 Å². The van der Waals surface area contributed by atoms with Crippen LogP contribution in [0.1, 0.15) is 31.7 Å². The molecule has 3 rings (SSSR count). The van der Waals surface area contributed by atoms with Crippen LogP contribution in [-0.2, 0) is 6.54 Å². The normalized spacial score (nSPS) is 23.0. The SMILES string of the molecule is CCCSc1ncc(CN2CCN(C)C3(CCN(C)CC3)C2)cn1. The van der Waals surface area contributed by atoms with Crippen molar-refractivity contribution in [3.05, 3.63) is 18.0 Å². The van der Waals surface area contributed by atoms with Gasteiger partial charge in [0.1, 0.15) is 0 Å². The van der Waals surface area contributed by atoms with Crippen LogP contribution in [0.5, 0.6) is 0 Å². The highest BCUT2D eigenvalue weighted by Crippen LogP contribution is 2.31. The molecule has 6 heteroatoms. The van der Waals surface area contributed by atoms with Gasteiger partial charge >= 0.3 is 0 Å². The average Bonchev–Trinajstić information content (AvgIpc) is 2.60. The lowest BCUT2D eigenvalue weighted by atomic mass is 9.84. The molecule has 1 aromatic heterocycles. The maximum Gasteiger partial charge on any atom is 0.187 e. The van der Waals surface area contributed by atoms with Crippen LogP contribution in [0.15, 0.2) is 17.6 Å². The molecule has 0 aliphatic carbocycles. The predicted molar refractivity (Wildman–Crippen MR) is 100 cm³/mol. The molecule has 0 saturated carbocycles. The third-order valence-corrected chi connectivity index (χ3v) is 6.60. The molecule has 0 radical (unpaired) electrons. The standard InChI is InChI=1S/C18H31N5S/c1-4-11-24-17-19-12-16(13-20-17)14-23-10-9-22(3)18(15-23)5-7-21(2)8-6-18/h12-13H,4-11,14-15H2,1-3H3. The first kappa shape index (κ1) is 18.1. The van der Waals surface area contributed by atoms with E-state index in [0.29, 0.717) is 5.54 Å². The van der Waals surface area contributed by atoms with Crippen molar-refractivity contribution in [1.82, 2.24) is 24.7 Å². The van der Waals surface area contributed by atoms with Gasteiger partial charge in [0.15, 0.2) is 5.16 Å². The molecule has 2 aliphatic rings. The highest BCUT2D eigenvalue weighted by molar-refractivity contribution is 7.99. The highest BCUT2D eigenvalue weighted by atomic mass is 32.2. The van der Waals surface area contributed by atoms with Gasteiger partial charge in [-0.15, -0.1) is 0 Å². The van der Waals surface area contributed by atoms with Crippen molar-refractivity contribution in [2.75, 3.05) is 52.6 Å². The van der Waals surface area contributed by atoms with E-state index in [1.165, 1.54) is 38.0 Å². The molecule has 134 valence electrons. The number of hydrogen-bond acceptors (Lipinski definition) is 6. The number of aromatic nitrogens is 2. The molecule has 2 saturated heterocycles. The minimum Gasteiger partial charge on any atom is -0.306 e. The summed E-state index contributed by atoms with van der Waals surface area (Å²) in [4.78, 5) is 16.7. The lowest BCUT2D eigenvalue weighted by Crippen LogP contribution is -2.63.